The number of nitrogens with zero attached hydrogens (tertiary/aromatic N) is 3. The summed E-state index contributed by atoms with van der Waals surface area (Å²) >= 11 is 0. The number of aliphatic hydroxyl groups excluding tert-OH is 1. The molecule has 1 N–H and O–H groups in total. The molecule has 0 spiro atoms. The average Bonchev–Trinajstić information content (AvgIpc) is 2.46. The van der Waals surface area contributed by atoms with Gasteiger partial charge in [-0.05, 0) is 19.8 Å². The molecule has 1 atom stereocenters. The van der Waals surface area contributed by atoms with E-state index in [1.807, 2.05) is 25.7 Å². The third-order valence-electron chi connectivity index (χ3n) is 3.80. The predicted molar refractivity (Wildman–Crippen MR) is 76.1 cm³/mol. The van der Waals surface area contributed by atoms with E-state index < -0.39 is 0 Å². The minimum absolute atomic E-state index is 0.0261. The molecule has 0 aromatic carbocycles. The Morgan fingerprint density at radius 3 is 2.95 bits per heavy atom. The van der Waals surface area contributed by atoms with Crippen LogP contribution in [-0.2, 0) is 11.4 Å². The van der Waals surface area contributed by atoms with Gasteiger partial charge in [-0.3, -0.25) is 4.79 Å². The van der Waals surface area contributed by atoms with Crippen LogP contribution in [0.25, 0.3) is 0 Å². The van der Waals surface area contributed by atoms with Crippen molar-refractivity contribution in [2.24, 2.45) is 5.92 Å². The van der Waals surface area contributed by atoms with Crippen molar-refractivity contribution in [3.05, 3.63) is 23.3 Å². The maximum Gasteiger partial charge on any atom is 0.225 e. The second-order valence-electron chi connectivity index (χ2n) is 5.76. The number of likely N-dealkylation sites (tertiary alicyclic amines) is 1. The lowest BCUT2D eigenvalue weighted by atomic mass is 9.91. The SMILES string of the molecule is Cc1ncc(CO)c(C2CCCN(C(=O)C(C)C)C2)n1. The monoisotopic (exact) mass is 277 g/mol. The zero-order chi connectivity index (χ0) is 14.7. The van der Waals surface area contributed by atoms with Crippen LogP contribution >= 0.6 is 0 Å². The van der Waals surface area contributed by atoms with E-state index in [0.29, 0.717) is 12.4 Å². The van der Waals surface area contributed by atoms with E-state index in [1.54, 1.807) is 6.20 Å². The van der Waals surface area contributed by atoms with E-state index in [4.69, 9.17) is 0 Å². The van der Waals surface area contributed by atoms with E-state index in [9.17, 15) is 9.90 Å². The molecule has 1 aromatic heterocycles. The molecule has 1 amide bonds. The van der Waals surface area contributed by atoms with E-state index in [0.717, 1.165) is 30.6 Å². The van der Waals surface area contributed by atoms with Crippen LogP contribution in [0.2, 0.25) is 0 Å². The molecule has 110 valence electrons. The molecule has 2 rings (SSSR count). The Balaban J connectivity index is 2.20. The van der Waals surface area contributed by atoms with Gasteiger partial charge in [-0.25, -0.2) is 9.97 Å². The fourth-order valence-electron chi connectivity index (χ4n) is 2.75. The molecule has 1 aliphatic rings. The second kappa shape index (κ2) is 6.31. The van der Waals surface area contributed by atoms with Crippen LogP contribution < -0.4 is 0 Å². The zero-order valence-corrected chi connectivity index (χ0v) is 12.5. The molecule has 1 fully saturated rings. The topological polar surface area (TPSA) is 66.3 Å². The number of aromatic nitrogens is 2. The van der Waals surface area contributed by atoms with Crippen molar-refractivity contribution in [3.8, 4) is 0 Å². The maximum atomic E-state index is 12.1. The Hall–Kier alpha value is -1.49. The van der Waals surface area contributed by atoms with Gasteiger partial charge < -0.3 is 10.0 Å². The molecule has 5 heteroatoms. The fourth-order valence-corrected chi connectivity index (χ4v) is 2.75. The molecule has 1 aliphatic heterocycles. The predicted octanol–water partition coefficient (Wildman–Crippen LogP) is 1.64. The Bertz CT molecular complexity index is 488. The van der Waals surface area contributed by atoms with Crippen LogP contribution in [0.3, 0.4) is 0 Å². The van der Waals surface area contributed by atoms with Gasteiger partial charge in [0.05, 0.1) is 12.3 Å². The number of carbonyl (C=O) groups excluding carboxylic acids is 1. The van der Waals surface area contributed by atoms with Gasteiger partial charge in [0.25, 0.3) is 0 Å². The van der Waals surface area contributed by atoms with Crippen LogP contribution in [0.5, 0.6) is 0 Å². The molecule has 0 saturated carbocycles. The van der Waals surface area contributed by atoms with E-state index in [1.165, 1.54) is 0 Å². The first-order valence-electron chi connectivity index (χ1n) is 7.25. The van der Waals surface area contributed by atoms with Gasteiger partial charge in [0.2, 0.25) is 5.91 Å². The number of aliphatic hydroxyl groups is 1. The minimum atomic E-state index is -0.0513. The lowest BCUT2D eigenvalue weighted by Crippen LogP contribution is -2.41. The summed E-state index contributed by atoms with van der Waals surface area (Å²) in [5, 5.41) is 9.44. The molecule has 0 radical (unpaired) electrons. The van der Waals surface area contributed by atoms with E-state index >= 15 is 0 Å². The highest BCUT2D eigenvalue weighted by molar-refractivity contribution is 5.78. The second-order valence-corrected chi connectivity index (χ2v) is 5.76. The van der Waals surface area contributed by atoms with Crippen molar-refractivity contribution in [2.75, 3.05) is 13.1 Å². The van der Waals surface area contributed by atoms with Crippen LogP contribution in [0.15, 0.2) is 6.20 Å². The van der Waals surface area contributed by atoms with Crippen molar-refractivity contribution >= 4 is 5.91 Å². The number of rotatable bonds is 3. The number of carbonyl (C=O) groups is 1. The van der Waals surface area contributed by atoms with E-state index in [2.05, 4.69) is 9.97 Å². The first-order valence-corrected chi connectivity index (χ1v) is 7.25. The third-order valence-corrected chi connectivity index (χ3v) is 3.80. The van der Waals surface area contributed by atoms with Crippen LogP contribution in [0.1, 0.15) is 49.7 Å². The molecular formula is C15H23N3O2. The Morgan fingerprint density at radius 1 is 1.55 bits per heavy atom. The van der Waals surface area contributed by atoms with E-state index in [-0.39, 0.29) is 24.3 Å². The normalized spacial score (nSPS) is 19.4. The lowest BCUT2D eigenvalue weighted by molar-refractivity contribution is -0.135. The zero-order valence-electron chi connectivity index (χ0n) is 12.5. The first kappa shape index (κ1) is 14.9. The molecule has 0 bridgehead atoms. The van der Waals surface area contributed by atoms with Crippen molar-refractivity contribution in [1.29, 1.82) is 0 Å². The van der Waals surface area contributed by atoms with Crippen LogP contribution in [-0.4, -0.2) is 39.0 Å². The largest absolute Gasteiger partial charge is 0.392 e. The standard InChI is InChI=1S/C15H23N3O2/c1-10(2)15(20)18-6-4-5-12(8-18)14-13(9-19)7-16-11(3)17-14/h7,10,12,19H,4-6,8-9H2,1-3H3. The van der Waals surface area contributed by atoms with Crippen LogP contribution in [0.4, 0.5) is 0 Å². The molecule has 1 saturated heterocycles. The summed E-state index contributed by atoms with van der Waals surface area (Å²) in [5.74, 6) is 1.14. The smallest absolute Gasteiger partial charge is 0.225 e. The van der Waals surface area contributed by atoms with Crippen molar-refractivity contribution in [2.45, 2.75) is 46.1 Å². The summed E-state index contributed by atoms with van der Waals surface area (Å²) in [6.45, 7) is 7.18. The number of amides is 1. The van der Waals surface area contributed by atoms with Crippen molar-refractivity contribution in [1.82, 2.24) is 14.9 Å². The third kappa shape index (κ3) is 3.15. The molecule has 20 heavy (non-hydrogen) atoms. The quantitative estimate of drug-likeness (QED) is 0.912. The maximum absolute atomic E-state index is 12.1. The van der Waals surface area contributed by atoms with Crippen molar-refractivity contribution < 1.29 is 9.90 Å². The van der Waals surface area contributed by atoms with Gasteiger partial charge in [-0.2, -0.15) is 0 Å². The van der Waals surface area contributed by atoms with Gasteiger partial charge in [0.15, 0.2) is 0 Å². The van der Waals surface area contributed by atoms with Gasteiger partial charge in [-0.1, -0.05) is 13.8 Å². The number of hydrogen-bond donors (Lipinski definition) is 1. The minimum Gasteiger partial charge on any atom is -0.392 e. The summed E-state index contributed by atoms with van der Waals surface area (Å²) in [6.07, 6.45) is 3.68. The average molecular weight is 277 g/mol. The molecule has 1 unspecified atom stereocenters. The van der Waals surface area contributed by atoms with Gasteiger partial charge >= 0.3 is 0 Å². The number of hydrogen-bond acceptors (Lipinski definition) is 4. The molecule has 1 aromatic rings. The molecule has 5 nitrogen and oxygen atoms in total. The fraction of sp³-hybridized carbons (Fsp3) is 0.667. The Morgan fingerprint density at radius 2 is 2.30 bits per heavy atom. The summed E-state index contributed by atoms with van der Waals surface area (Å²) < 4.78 is 0. The molecule has 0 aliphatic carbocycles. The van der Waals surface area contributed by atoms with Crippen molar-refractivity contribution in [3.63, 3.8) is 0 Å². The first-order chi connectivity index (χ1) is 9.52. The van der Waals surface area contributed by atoms with Gasteiger partial charge in [-0.15, -0.1) is 0 Å². The molecular weight excluding hydrogens is 254 g/mol. The number of aryl methyl sites for hydroxylation is 1. The summed E-state index contributed by atoms with van der Waals surface area (Å²) in [7, 11) is 0. The molecule has 2 heterocycles. The Labute approximate surface area is 120 Å². The number of piperidine rings is 1. The summed E-state index contributed by atoms with van der Waals surface area (Å²) in [4.78, 5) is 22.7. The van der Waals surface area contributed by atoms with Gasteiger partial charge in [0.1, 0.15) is 5.82 Å². The highest BCUT2D eigenvalue weighted by Gasteiger charge is 2.28. The lowest BCUT2D eigenvalue weighted by Gasteiger charge is -2.34. The van der Waals surface area contributed by atoms with Crippen LogP contribution in [0, 0.1) is 12.8 Å². The summed E-state index contributed by atoms with van der Waals surface area (Å²) in [5.41, 5.74) is 1.68. The van der Waals surface area contributed by atoms with Gasteiger partial charge in [0, 0.05) is 36.7 Å². The summed E-state index contributed by atoms with van der Waals surface area (Å²) in [6, 6.07) is 0. The highest BCUT2D eigenvalue weighted by Crippen LogP contribution is 2.28. The Kier molecular flexibility index (Phi) is 4.70. The highest BCUT2D eigenvalue weighted by atomic mass is 16.3.